The number of fused-ring (bicyclic) bond motifs is 1. The summed E-state index contributed by atoms with van der Waals surface area (Å²) in [6.45, 7) is 12.7. The van der Waals surface area contributed by atoms with Crippen LogP contribution in [0.4, 0.5) is 28.8 Å². The zero-order chi connectivity index (χ0) is 36.2. The lowest BCUT2D eigenvalue weighted by Gasteiger charge is -2.43. The van der Waals surface area contributed by atoms with E-state index in [0.29, 0.717) is 17.8 Å². The number of ether oxygens (including phenoxy) is 2. The van der Waals surface area contributed by atoms with Gasteiger partial charge in [-0.05, 0) is 60.3 Å². The van der Waals surface area contributed by atoms with Gasteiger partial charge in [0, 0.05) is 125 Å². The fraction of sp³-hybridized carbons (Fsp3) is 0.432. The summed E-state index contributed by atoms with van der Waals surface area (Å²) in [5.41, 5.74) is 6.76. The molecule has 2 aromatic carbocycles. The number of hydrogen-bond acceptors (Lipinski definition) is 12. The minimum atomic E-state index is -0.494. The van der Waals surface area contributed by atoms with Gasteiger partial charge in [-0.3, -0.25) is 24.4 Å². The van der Waals surface area contributed by atoms with Gasteiger partial charge in [0.05, 0.1) is 41.1 Å². The van der Waals surface area contributed by atoms with Crippen LogP contribution in [0.3, 0.4) is 0 Å². The van der Waals surface area contributed by atoms with Crippen molar-refractivity contribution in [2.75, 3.05) is 95.5 Å². The Hall–Kier alpha value is -3.94. The quantitative estimate of drug-likeness (QED) is 0.152. The van der Waals surface area contributed by atoms with Crippen LogP contribution in [0.5, 0.6) is 5.75 Å². The van der Waals surface area contributed by atoms with Crippen LogP contribution in [-0.4, -0.2) is 126 Å². The number of nitrogens with zero attached hydrogens (tertiary/aromatic N) is 9. The average Bonchev–Trinajstić information content (AvgIpc) is 3.61. The molecular formula is C37H47BrN11O2P. The highest BCUT2D eigenvalue weighted by Crippen LogP contribution is 2.42. The largest absolute Gasteiger partial charge is 0.494 e. The highest BCUT2D eigenvalue weighted by atomic mass is 79.9. The van der Waals surface area contributed by atoms with Crippen LogP contribution in [0.25, 0.3) is 22.2 Å². The normalized spacial score (nSPS) is 16.2. The number of piperidine rings is 1. The molecule has 15 heteroatoms. The van der Waals surface area contributed by atoms with Crippen molar-refractivity contribution in [2.45, 2.75) is 18.9 Å². The van der Waals surface area contributed by atoms with Gasteiger partial charge in [0.1, 0.15) is 11.6 Å². The summed E-state index contributed by atoms with van der Waals surface area (Å²) < 4.78 is 13.9. The third-order valence-electron chi connectivity index (χ3n) is 9.98. The number of anilines is 5. The van der Waals surface area contributed by atoms with Crippen molar-refractivity contribution in [1.82, 2.24) is 39.5 Å². The predicted molar refractivity (Wildman–Crippen MR) is 215 cm³/mol. The van der Waals surface area contributed by atoms with E-state index in [2.05, 4.69) is 93.0 Å². The predicted octanol–water partition coefficient (Wildman–Crippen LogP) is 5.68. The van der Waals surface area contributed by atoms with Gasteiger partial charge in [-0.25, -0.2) is 4.98 Å². The molecule has 2 N–H and O–H groups in total. The third-order valence-corrected chi connectivity index (χ3v) is 11.9. The molecule has 3 aromatic heterocycles. The Bertz CT molecular complexity index is 1990. The maximum atomic E-state index is 6.01. The smallest absolute Gasteiger partial charge is 0.229 e. The van der Waals surface area contributed by atoms with E-state index < -0.39 is 7.92 Å². The Morgan fingerprint density at radius 2 is 1.71 bits per heavy atom. The molecule has 0 unspecified atom stereocenters. The number of rotatable bonds is 12. The zero-order valence-electron chi connectivity index (χ0n) is 30.5. The first-order valence-electron chi connectivity index (χ1n) is 17.7. The lowest BCUT2D eigenvalue weighted by atomic mass is 9.98. The first-order valence-corrected chi connectivity index (χ1v) is 20.7. The van der Waals surface area contributed by atoms with Crippen molar-refractivity contribution < 1.29 is 9.47 Å². The van der Waals surface area contributed by atoms with Crippen LogP contribution < -0.4 is 25.6 Å². The Morgan fingerprint density at radius 3 is 2.42 bits per heavy atom. The Labute approximate surface area is 315 Å². The van der Waals surface area contributed by atoms with E-state index in [1.807, 2.05) is 30.1 Å². The molecule has 5 aromatic rings. The number of hydrogen-bond donors (Lipinski definition) is 2. The number of aryl methyl sites for hydroxylation is 1. The fourth-order valence-electron chi connectivity index (χ4n) is 7.27. The van der Waals surface area contributed by atoms with E-state index in [0.717, 1.165) is 120 Å². The van der Waals surface area contributed by atoms with E-state index in [1.165, 1.54) is 0 Å². The highest BCUT2D eigenvalue weighted by Gasteiger charge is 2.29. The van der Waals surface area contributed by atoms with Crippen LogP contribution in [-0.2, 0) is 11.8 Å². The second-order valence-electron chi connectivity index (χ2n) is 13.5. The van der Waals surface area contributed by atoms with Crippen LogP contribution in [0.15, 0.2) is 59.7 Å². The summed E-state index contributed by atoms with van der Waals surface area (Å²) in [4.78, 5) is 26.4. The number of methoxy groups -OCH3 is 2. The molecule has 0 amide bonds. The molecule has 5 heterocycles. The monoisotopic (exact) mass is 787 g/mol. The summed E-state index contributed by atoms with van der Waals surface area (Å²) >= 11 is 3.66. The Balaban J connectivity index is 1.13. The van der Waals surface area contributed by atoms with Crippen LogP contribution in [0.2, 0.25) is 0 Å². The van der Waals surface area contributed by atoms with Gasteiger partial charge in [-0.15, -0.1) is 0 Å². The van der Waals surface area contributed by atoms with Crippen LogP contribution in [0, 0.1) is 0 Å². The molecule has 274 valence electrons. The van der Waals surface area contributed by atoms with E-state index in [9.17, 15) is 0 Å². The first-order chi connectivity index (χ1) is 25.3. The van der Waals surface area contributed by atoms with Gasteiger partial charge < -0.3 is 25.0 Å². The minimum Gasteiger partial charge on any atom is -0.494 e. The van der Waals surface area contributed by atoms with E-state index in [-0.39, 0.29) is 0 Å². The van der Waals surface area contributed by atoms with Crippen molar-refractivity contribution in [3.63, 3.8) is 0 Å². The molecule has 7 rings (SSSR count). The molecule has 0 radical (unpaired) electrons. The molecule has 13 nitrogen and oxygen atoms in total. The van der Waals surface area contributed by atoms with E-state index in [4.69, 9.17) is 14.5 Å². The molecule has 0 aliphatic carbocycles. The maximum Gasteiger partial charge on any atom is 0.229 e. The lowest BCUT2D eigenvalue weighted by molar-refractivity contribution is 0.0672. The van der Waals surface area contributed by atoms with Gasteiger partial charge in [0.25, 0.3) is 0 Å². The van der Waals surface area contributed by atoms with Gasteiger partial charge >= 0.3 is 0 Å². The summed E-state index contributed by atoms with van der Waals surface area (Å²) in [7, 11) is 4.94. The second-order valence-corrected chi connectivity index (χ2v) is 16.6. The minimum absolute atomic E-state index is 0.439. The first kappa shape index (κ1) is 36.4. The highest BCUT2D eigenvalue weighted by molar-refractivity contribution is 9.10. The molecule has 0 saturated carbocycles. The van der Waals surface area contributed by atoms with Crippen LogP contribution in [0.1, 0.15) is 12.8 Å². The summed E-state index contributed by atoms with van der Waals surface area (Å²) in [5, 5.41) is 12.7. The molecule has 2 aliphatic heterocycles. The standard InChI is InChI=1S/C37H47BrN11O2P/c1-46-24-25(22-42-46)27-20-31(33(51-3)21-32(27)49-12-8-26(9-13-49)48-16-14-47(15-17-48)18-19-50-2)44-37-41-23-28(38)36(45-37)43-30-7-6-29-34(35(30)52(4)5)40-11-10-39-29/h6-7,10-11,20-24,26H,8-9,12-19H2,1-5H3,(H2,41,43,44,45). The molecule has 0 atom stereocenters. The van der Waals surface area contributed by atoms with E-state index >= 15 is 0 Å². The summed E-state index contributed by atoms with van der Waals surface area (Å²) in [6.07, 6.45) is 11.5. The van der Waals surface area contributed by atoms with Gasteiger partial charge in [0.15, 0.2) is 0 Å². The molecule has 2 aliphatic rings. The summed E-state index contributed by atoms with van der Waals surface area (Å²) in [6, 6.07) is 8.91. The third kappa shape index (κ3) is 8.01. The number of piperazine rings is 1. The topological polar surface area (TPSA) is 122 Å². The van der Waals surface area contributed by atoms with Crippen molar-refractivity contribution >= 4 is 69.0 Å². The molecular weight excluding hydrogens is 741 g/mol. The van der Waals surface area contributed by atoms with Crippen molar-refractivity contribution in [3.05, 3.63) is 59.7 Å². The number of benzene rings is 2. The van der Waals surface area contributed by atoms with Gasteiger partial charge in [0.2, 0.25) is 5.95 Å². The summed E-state index contributed by atoms with van der Waals surface area (Å²) in [5.74, 6) is 1.80. The second kappa shape index (κ2) is 16.4. The van der Waals surface area contributed by atoms with Crippen molar-refractivity contribution in [1.29, 1.82) is 0 Å². The Morgan fingerprint density at radius 1 is 0.923 bits per heavy atom. The lowest BCUT2D eigenvalue weighted by Crippen LogP contribution is -2.53. The molecule has 2 saturated heterocycles. The van der Waals surface area contributed by atoms with Gasteiger partial charge in [-0.1, -0.05) is 7.92 Å². The SMILES string of the molecule is COCCN1CCN(C2CCN(c3cc(OC)c(Nc4ncc(Br)c(Nc5ccc6nccnc6c5P(C)C)n4)cc3-c3cnn(C)c3)CC2)CC1. The van der Waals surface area contributed by atoms with Crippen LogP contribution >= 0.6 is 23.9 Å². The average molecular weight is 789 g/mol. The number of halogens is 1. The number of nitrogens with one attached hydrogen (secondary N) is 2. The molecule has 2 fully saturated rings. The molecule has 52 heavy (non-hydrogen) atoms. The van der Waals surface area contributed by atoms with Crippen molar-refractivity contribution in [2.24, 2.45) is 7.05 Å². The Kier molecular flexibility index (Phi) is 11.5. The molecule has 0 bridgehead atoms. The zero-order valence-corrected chi connectivity index (χ0v) is 33.0. The van der Waals surface area contributed by atoms with Crippen molar-refractivity contribution in [3.8, 4) is 16.9 Å². The maximum absolute atomic E-state index is 6.01. The van der Waals surface area contributed by atoms with Gasteiger partial charge in [-0.2, -0.15) is 10.1 Å². The fourth-order valence-corrected chi connectivity index (χ4v) is 8.77. The van der Waals surface area contributed by atoms with E-state index in [1.54, 1.807) is 32.8 Å². The number of aromatic nitrogens is 6. The molecule has 0 spiro atoms.